The predicted molar refractivity (Wildman–Crippen MR) is 86.7 cm³/mol. The van der Waals surface area contributed by atoms with Crippen molar-refractivity contribution in [3.8, 4) is 0 Å². The average molecular weight is 317 g/mol. The maximum atomic E-state index is 11.9. The minimum absolute atomic E-state index is 0.196. The van der Waals surface area contributed by atoms with E-state index in [4.69, 9.17) is 0 Å². The molecule has 0 bridgehead atoms. The first-order chi connectivity index (χ1) is 11.0. The van der Waals surface area contributed by atoms with Gasteiger partial charge in [0.15, 0.2) is 5.82 Å². The van der Waals surface area contributed by atoms with Gasteiger partial charge in [0.25, 0.3) is 11.5 Å². The largest absolute Gasteiger partial charge is 0.376 e. The van der Waals surface area contributed by atoms with Gasteiger partial charge in [0.2, 0.25) is 0 Å². The quantitative estimate of drug-likeness (QED) is 0.691. The summed E-state index contributed by atoms with van der Waals surface area (Å²) in [5, 5.41) is 17.5. The van der Waals surface area contributed by atoms with Crippen LogP contribution >= 0.6 is 0 Å². The molecule has 23 heavy (non-hydrogen) atoms. The molecule has 0 aliphatic heterocycles. The Morgan fingerprint density at radius 2 is 2.09 bits per heavy atom. The number of aryl methyl sites for hydroxylation is 1. The van der Waals surface area contributed by atoms with E-state index in [0.29, 0.717) is 18.9 Å². The number of rotatable bonds is 6. The van der Waals surface area contributed by atoms with Gasteiger partial charge in [0, 0.05) is 46.4 Å². The van der Waals surface area contributed by atoms with Crippen LogP contribution in [-0.4, -0.2) is 53.1 Å². The fourth-order valence-electron chi connectivity index (χ4n) is 1.77. The molecular formula is C14H19N7O2. The van der Waals surface area contributed by atoms with Crippen molar-refractivity contribution in [3.63, 3.8) is 0 Å². The highest BCUT2D eigenvalue weighted by Crippen LogP contribution is 2.12. The minimum Gasteiger partial charge on any atom is -0.376 e. The number of anilines is 2. The first kappa shape index (κ1) is 16.4. The molecule has 0 radical (unpaired) electrons. The summed E-state index contributed by atoms with van der Waals surface area (Å²) in [6.45, 7) is 0.875. The molecule has 0 unspecified atom stereocenters. The zero-order chi connectivity index (χ0) is 16.8. The number of carbonyl (C=O) groups excluding carboxylic acids is 1. The molecule has 0 aliphatic rings. The van der Waals surface area contributed by atoms with Crippen molar-refractivity contribution in [1.29, 1.82) is 0 Å². The highest BCUT2D eigenvalue weighted by Gasteiger charge is 2.07. The van der Waals surface area contributed by atoms with Crippen molar-refractivity contribution in [3.05, 3.63) is 40.4 Å². The van der Waals surface area contributed by atoms with Crippen LogP contribution in [-0.2, 0) is 7.05 Å². The van der Waals surface area contributed by atoms with Gasteiger partial charge in [-0.15, -0.1) is 5.10 Å². The Labute approximate surface area is 133 Å². The number of hydrogen-bond donors (Lipinski definition) is 2. The summed E-state index contributed by atoms with van der Waals surface area (Å²) < 4.78 is 1.12. The second-order valence-electron chi connectivity index (χ2n) is 5.06. The monoisotopic (exact) mass is 317 g/mol. The van der Waals surface area contributed by atoms with E-state index in [1.165, 1.54) is 19.2 Å². The van der Waals surface area contributed by atoms with E-state index in [1.807, 2.05) is 25.1 Å². The van der Waals surface area contributed by atoms with Crippen LogP contribution in [0.4, 0.5) is 11.5 Å². The smallest absolute Gasteiger partial charge is 0.271 e. The number of hydrogen-bond acceptors (Lipinski definition) is 7. The lowest BCUT2D eigenvalue weighted by atomic mass is 10.3. The standard InChI is InChI=1S/C14H19N7O2/c1-20(2)10-8-12(18-17-9-10)15-6-7-16-14(23)11-4-5-13(22)21(3)19-11/h4-5,8-9H,6-7H2,1-3H3,(H,15,18)(H,16,23). The number of carbonyl (C=O) groups is 1. The van der Waals surface area contributed by atoms with Crippen LogP contribution in [0, 0.1) is 0 Å². The van der Waals surface area contributed by atoms with Gasteiger partial charge < -0.3 is 15.5 Å². The molecule has 2 heterocycles. The molecule has 2 aromatic rings. The van der Waals surface area contributed by atoms with Gasteiger partial charge in [-0.25, -0.2) is 4.68 Å². The van der Waals surface area contributed by atoms with E-state index in [9.17, 15) is 9.59 Å². The Hall–Kier alpha value is -2.97. The van der Waals surface area contributed by atoms with Gasteiger partial charge >= 0.3 is 0 Å². The van der Waals surface area contributed by atoms with Gasteiger partial charge in [-0.2, -0.15) is 10.2 Å². The maximum Gasteiger partial charge on any atom is 0.271 e. The van der Waals surface area contributed by atoms with Crippen LogP contribution in [0.5, 0.6) is 0 Å². The number of aromatic nitrogens is 4. The normalized spacial score (nSPS) is 10.2. The van der Waals surface area contributed by atoms with Gasteiger partial charge in [-0.3, -0.25) is 9.59 Å². The van der Waals surface area contributed by atoms with E-state index < -0.39 is 0 Å². The van der Waals surface area contributed by atoms with Gasteiger partial charge in [0.1, 0.15) is 5.69 Å². The minimum atomic E-state index is -0.337. The third kappa shape index (κ3) is 4.50. The molecule has 0 spiro atoms. The number of nitrogens with zero attached hydrogens (tertiary/aromatic N) is 5. The van der Waals surface area contributed by atoms with E-state index >= 15 is 0 Å². The van der Waals surface area contributed by atoms with E-state index in [2.05, 4.69) is 25.9 Å². The number of amides is 1. The summed E-state index contributed by atoms with van der Waals surface area (Å²) in [5.41, 5.74) is 0.866. The third-order valence-electron chi connectivity index (χ3n) is 3.07. The molecule has 0 fully saturated rings. The van der Waals surface area contributed by atoms with E-state index in [-0.39, 0.29) is 17.2 Å². The van der Waals surface area contributed by atoms with Crippen LogP contribution in [0.1, 0.15) is 10.5 Å². The van der Waals surface area contributed by atoms with Crippen molar-refractivity contribution >= 4 is 17.4 Å². The zero-order valence-corrected chi connectivity index (χ0v) is 13.3. The van der Waals surface area contributed by atoms with Crippen LogP contribution in [0.25, 0.3) is 0 Å². The summed E-state index contributed by atoms with van der Waals surface area (Å²) in [7, 11) is 5.33. The second-order valence-corrected chi connectivity index (χ2v) is 5.06. The topological polar surface area (TPSA) is 105 Å². The Kier molecular flexibility index (Phi) is 5.23. The molecule has 0 aliphatic carbocycles. The van der Waals surface area contributed by atoms with Gasteiger partial charge in [0.05, 0.1) is 11.9 Å². The number of nitrogens with one attached hydrogen (secondary N) is 2. The van der Waals surface area contributed by atoms with Crippen LogP contribution < -0.4 is 21.1 Å². The Morgan fingerprint density at radius 3 is 2.78 bits per heavy atom. The van der Waals surface area contributed by atoms with E-state index in [0.717, 1.165) is 10.4 Å². The zero-order valence-electron chi connectivity index (χ0n) is 13.3. The average Bonchev–Trinajstić information content (AvgIpc) is 2.54. The molecule has 0 saturated heterocycles. The van der Waals surface area contributed by atoms with Crippen molar-refractivity contribution in [2.75, 3.05) is 37.4 Å². The van der Waals surface area contributed by atoms with Crippen molar-refractivity contribution in [2.45, 2.75) is 0 Å². The molecule has 9 nitrogen and oxygen atoms in total. The van der Waals surface area contributed by atoms with Crippen molar-refractivity contribution in [2.24, 2.45) is 7.05 Å². The Balaban J connectivity index is 1.83. The molecule has 0 saturated carbocycles. The molecule has 2 N–H and O–H groups in total. The highest BCUT2D eigenvalue weighted by atomic mass is 16.2. The van der Waals surface area contributed by atoms with Crippen molar-refractivity contribution in [1.82, 2.24) is 25.3 Å². The van der Waals surface area contributed by atoms with Gasteiger partial charge in [-0.1, -0.05) is 0 Å². The first-order valence-electron chi connectivity index (χ1n) is 7.04. The van der Waals surface area contributed by atoms with Crippen molar-refractivity contribution < 1.29 is 4.79 Å². The van der Waals surface area contributed by atoms with Crippen LogP contribution in [0.15, 0.2) is 29.2 Å². The lowest BCUT2D eigenvalue weighted by Crippen LogP contribution is -2.31. The maximum absolute atomic E-state index is 11.9. The van der Waals surface area contributed by atoms with Crippen LogP contribution in [0.3, 0.4) is 0 Å². The summed E-state index contributed by atoms with van der Waals surface area (Å²) in [4.78, 5) is 25.1. The molecule has 122 valence electrons. The fourth-order valence-corrected chi connectivity index (χ4v) is 1.77. The SMILES string of the molecule is CN(C)c1cnnc(NCCNC(=O)c2ccc(=O)n(C)n2)c1. The lowest BCUT2D eigenvalue weighted by molar-refractivity contribution is 0.0948. The molecule has 0 atom stereocenters. The summed E-state index contributed by atoms with van der Waals surface area (Å²) in [6.07, 6.45) is 1.66. The Morgan fingerprint density at radius 1 is 1.30 bits per heavy atom. The molecule has 9 heteroatoms. The molecule has 2 rings (SSSR count). The Bertz CT molecular complexity index is 742. The van der Waals surface area contributed by atoms with E-state index in [1.54, 1.807) is 6.20 Å². The molecule has 1 amide bonds. The van der Waals surface area contributed by atoms with Crippen LogP contribution in [0.2, 0.25) is 0 Å². The first-order valence-corrected chi connectivity index (χ1v) is 7.04. The fraction of sp³-hybridized carbons (Fsp3) is 0.357. The summed E-state index contributed by atoms with van der Waals surface area (Å²) >= 11 is 0. The molecule has 2 aromatic heterocycles. The lowest BCUT2D eigenvalue weighted by Gasteiger charge is -2.13. The van der Waals surface area contributed by atoms with Gasteiger partial charge in [-0.05, 0) is 6.07 Å². The molecular weight excluding hydrogens is 298 g/mol. The molecule has 0 aromatic carbocycles. The third-order valence-corrected chi connectivity index (χ3v) is 3.07. The predicted octanol–water partition coefficient (Wildman–Crippen LogP) is -0.522. The summed E-state index contributed by atoms with van der Waals surface area (Å²) in [5.74, 6) is 0.293. The highest BCUT2D eigenvalue weighted by molar-refractivity contribution is 5.91. The second kappa shape index (κ2) is 7.34. The summed E-state index contributed by atoms with van der Waals surface area (Å²) in [6, 6.07) is 4.57.